The van der Waals surface area contributed by atoms with Crippen LogP contribution in [0.1, 0.15) is 26.3 Å². The highest BCUT2D eigenvalue weighted by molar-refractivity contribution is 6.10. The molecule has 0 aliphatic rings. The normalized spacial score (nSPS) is 10.2. The SMILES string of the molecule is COc1ccc(C(=O)Nc2ccc(C)cc2NC(=O)c2ccc(OC)c(OC)c2)cc1OC. The van der Waals surface area contributed by atoms with Crippen LogP contribution >= 0.6 is 0 Å². The molecule has 0 unspecified atom stereocenters. The number of rotatable bonds is 8. The number of aryl methyl sites for hydroxylation is 1. The van der Waals surface area contributed by atoms with Gasteiger partial charge in [-0.2, -0.15) is 0 Å². The minimum atomic E-state index is -0.360. The Balaban J connectivity index is 1.85. The molecule has 0 spiro atoms. The molecule has 0 saturated heterocycles. The number of anilines is 2. The van der Waals surface area contributed by atoms with E-state index < -0.39 is 0 Å². The molecule has 172 valence electrons. The fraction of sp³-hybridized carbons (Fsp3) is 0.200. The Kier molecular flexibility index (Phi) is 7.40. The standard InChI is InChI=1S/C25H26N2O6/c1-15-6-9-18(26-24(28)16-7-10-20(30-2)22(13-16)32-4)19(12-15)27-25(29)17-8-11-21(31-3)23(14-17)33-5/h6-14H,1-5H3,(H,26,28)(H,27,29). The van der Waals surface area contributed by atoms with E-state index in [1.807, 2.05) is 13.0 Å². The van der Waals surface area contributed by atoms with Gasteiger partial charge in [-0.25, -0.2) is 0 Å². The van der Waals surface area contributed by atoms with Crippen LogP contribution < -0.4 is 29.6 Å². The first-order valence-corrected chi connectivity index (χ1v) is 10.1. The molecule has 0 radical (unpaired) electrons. The predicted octanol–water partition coefficient (Wildman–Crippen LogP) is 4.53. The monoisotopic (exact) mass is 450 g/mol. The first-order valence-electron chi connectivity index (χ1n) is 10.1. The number of hydrogen-bond acceptors (Lipinski definition) is 6. The first-order chi connectivity index (χ1) is 15.9. The van der Waals surface area contributed by atoms with Crippen molar-refractivity contribution in [3.63, 3.8) is 0 Å². The lowest BCUT2D eigenvalue weighted by atomic mass is 10.1. The van der Waals surface area contributed by atoms with Crippen LogP contribution in [-0.2, 0) is 0 Å². The molecule has 0 atom stereocenters. The summed E-state index contributed by atoms with van der Waals surface area (Å²) in [4.78, 5) is 25.8. The summed E-state index contributed by atoms with van der Waals surface area (Å²) >= 11 is 0. The largest absolute Gasteiger partial charge is 0.493 e. The van der Waals surface area contributed by atoms with Gasteiger partial charge in [0.1, 0.15) is 0 Å². The van der Waals surface area contributed by atoms with Crippen molar-refractivity contribution in [1.82, 2.24) is 0 Å². The van der Waals surface area contributed by atoms with E-state index in [4.69, 9.17) is 18.9 Å². The Labute approximate surface area is 192 Å². The number of benzene rings is 3. The van der Waals surface area contributed by atoms with Crippen molar-refractivity contribution >= 4 is 23.2 Å². The Morgan fingerprint density at radius 1 is 0.576 bits per heavy atom. The van der Waals surface area contributed by atoms with E-state index >= 15 is 0 Å². The van der Waals surface area contributed by atoms with Crippen LogP contribution in [-0.4, -0.2) is 40.3 Å². The van der Waals surface area contributed by atoms with Gasteiger partial charge >= 0.3 is 0 Å². The zero-order valence-corrected chi connectivity index (χ0v) is 19.1. The van der Waals surface area contributed by atoms with Crippen LogP contribution in [0.2, 0.25) is 0 Å². The molecule has 3 aromatic rings. The fourth-order valence-electron chi connectivity index (χ4n) is 3.21. The molecule has 3 rings (SSSR count). The number of carbonyl (C=O) groups excluding carboxylic acids is 2. The van der Waals surface area contributed by atoms with Crippen molar-refractivity contribution in [3.8, 4) is 23.0 Å². The third-order valence-electron chi connectivity index (χ3n) is 4.96. The zero-order chi connectivity index (χ0) is 24.0. The summed E-state index contributed by atoms with van der Waals surface area (Å²) in [5.41, 5.74) is 2.59. The molecule has 0 bridgehead atoms. The van der Waals surface area contributed by atoms with Crippen LogP contribution in [0.4, 0.5) is 11.4 Å². The Morgan fingerprint density at radius 2 is 1.03 bits per heavy atom. The molecule has 8 nitrogen and oxygen atoms in total. The maximum atomic E-state index is 12.9. The molecule has 0 aliphatic carbocycles. The van der Waals surface area contributed by atoms with Gasteiger partial charge < -0.3 is 29.6 Å². The molecule has 3 aromatic carbocycles. The van der Waals surface area contributed by atoms with E-state index in [0.29, 0.717) is 45.5 Å². The molecule has 0 saturated carbocycles. The van der Waals surface area contributed by atoms with Crippen LogP contribution in [0, 0.1) is 6.92 Å². The van der Waals surface area contributed by atoms with Gasteiger partial charge in [-0.05, 0) is 61.0 Å². The number of carbonyl (C=O) groups is 2. The van der Waals surface area contributed by atoms with E-state index in [9.17, 15) is 9.59 Å². The van der Waals surface area contributed by atoms with Gasteiger partial charge in [-0.3, -0.25) is 9.59 Å². The van der Waals surface area contributed by atoms with Crippen LogP contribution in [0.25, 0.3) is 0 Å². The second-order valence-corrected chi connectivity index (χ2v) is 7.10. The minimum Gasteiger partial charge on any atom is -0.493 e. The molecule has 0 fully saturated rings. The van der Waals surface area contributed by atoms with Crippen molar-refractivity contribution in [2.45, 2.75) is 6.92 Å². The summed E-state index contributed by atoms with van der Waals surface area (Å²) in [6.07, 6.45) is 0. The lowest BCUT2D eigenvalue weighted by Crippen LogP contribution is -2.17. The van der Waals surface area contributed by atoms with E-state index in [1.165, 1.54) is 28.4 Å². The molecular formula is C25H26N2O6. The van der Waals surface area contributed by atoms with Gasteiger partial charge in [0.2, 0.25) is 0 Å². The molecule has 0 heterocycles. The highest BCUT2D eigenvalue weighted by atomic mass is 16.5. The molecular weight excluding hydrogens is 424 g/mol. The Bertz CT molecular complexity index is 1180. The Hall–Kier alpha value is -4.20. The Morgan fingerprint density at radius 3 is 1.48 bits per heavy atom. The van der Waals surface area contributed by atoms with Crippen molar-refractivity contribution in [2.24, 2.45) is 0 Å². The van der Waals surface area contributed by atoms with Crippen molar-refractivity contribution in [3.05, 3.63) is 71.3 Å². The number of methoxy groups -OCH3 is 4. The van der Waals surface area contributed by atoms with E-state index in [-0.39, 0.29) is 11.8 Å². The third-order valence-corrected chi connectivity index (χ3v) is 4.96. The van der Waals surface area contributed by atoms with Gasteiger partial charge in [0.15, 0.2) is 23.0 Å². The number of amides is 2. The number of ether oxygens (including phenoxy) is 4. The second-order valence-electron chi connectivity index (χ2n) is 7.10. The summed E-state index contributed by atoms with van der Waals surface area (Å²) in [5, 5.41) is 5.71. The highest BCUT2D eigenvalue weighted by Gasteiger charge is 2.16. The maximum absolute atomic E-state index is 12.9. The smallest absolute Gasteiger partial charge is 0.255 e. The molecule has 0 aromatic heterocycles. The number of hydrogen-bond donors (Lipinski definition) is 2. The quantitative estimate of drug-likeness (QED) is 0.523. The van der Waals surface area contributed by atoms with Crippen molar-refractivity contribution < 1.29 is 28.5 Å². The minimum absolute atomic E-state index is 0.358. The predicted molar refractivity (Wildman–Crippen MR) is 126 cm³/mol. The molecule has 2 N–H and O–H groups in total. The van der Waals surface area contributed by atoms with Gasteiger partial charge in [0, 0.05) is 11.1 Å². The average molecular weight is 450 g/mol. The summed E-state index contributed by atoms with van der Waals surface area (Å²) in [6, 6.07) is 15.1. The van der Waals surface area contributed by atoms with Crippen LogP contribution in [0.3, 0.4) is 0 Å². The summed E-state index contributed by atoms with van der Waals surface area (Å²) in [6.45, 7) is 1.89. The summed E-state index contributed by atoms with van der Waals surface area (Å²) in [5.74, 6) is 1.21. The molecule has 2 amide bonds. The van der Waals surface area contributed by atoms with Gasteiger partial charge in [0.05, 0.1) is 39.8 Å². The molecule has 8 heteroatoms. The third kappa shape index (κ3) is 5.35. The van der Waals surface area contributed by atoms with Gasteiger partial charge in [-0.15, -0.1) is 0 Å². The lowest BCUT2D eigenvalue weighted by molar-refractivity contribution is 0.101. The van der Waals surface area contributed by atoms with Gasteiger partial charge in [0.25, 0.3) is 11.8 Å². The molecule has 33 heavy (non-hydrogen) atoms. The maximum Gasteiger partial charge on any atom is 0.255 e. The van der Waals surface area contributed by atoms with E-state index in [0.717, 1.165) is 5.56 Å². The summed E-state index contributed by atoms with van der Waals surface area (Å²) < 4.78 is 21.0. The van der Waals surface area contributed by atoms with Crippen LogP contribution in [0.15, 0.2) is 54.6 Å². The topological polar surface area (TPSA) is 95.1 Å². The zero-order valence-electron chi connectivity index (χ0n) is 19.1. The van der Waals surface area contributed by atoms with Crippen LogP contribution in [0.5, 0.6) is 23.0 Å². The second kappa shape index (κ2) is 10.4. The lowest BCUT2D eigenvalue weighted by Gasteiger charge is -2.15. The van der Waals surface area contributed by atoms with Crippen molar-refractivity contribution in [2.75, 3.05) is 39.1 Å². The first kappa shape index (κ1) is 23.5. The van der Waals surface area contributed by atoms with Gasteiger partial charge in [-0.1, -0.05) is 6.07 Å². The van der Waals surface area contributed by atoms with Crippen molar-refractivity contribution in [1.29, 1.82) is 0 Å². The summed E-state index contributed by atoms with van der Waals surface area (Å²) in [7, 11) is 6.05. The number of nitrogens with one attached hydrogen (secondary N) is 2. The van der Waals surface area contributed by atoms with E-state index in [2.05, 4.69) is 10.6 Å². The van der Waals surface area contributed by atoms with E-state index in [1.54, 1.807) is 48.5 Å². The fourth-order valence-corrected chi connectivity index (χ4v) is 3.21. The molecule has 0 aliphatic heterocycles. The highest BCUT2D eigenvalue weighted by Crippen LogP contribution is 2.30. The average Bonchev–Trinajstić information content (AvgIpc) is 2.84.